The number of nitrogens with two attached hydrogens (primary N) is 1. The summed E-state index contributed by atoms with van der Waals surface area (Å²) in [6.07, 6.45) is 2.99. The first-order chi connectivity index (χ1) is 9.39. The van der Waals surface area contributed by atoms with Crippen molar-refractivity contribution in [1.82, 2.24) is 10.3 Å². The molecule has 0 radical (unpaired) electrons. The predicted octanol–water partition coefficient (Wildman–Crippen LogP) is 0.721. The lowest BCUT2D eigenvalue weighted by Crippen LogP contribution is -2.64. The fraction of sp³-hybridized carbons (Fsp3) is 0.615. The molecule has 0 aromatic carbocycles. The van der Waals surface area contributed by atoms with Crippen molar-refractivity contribution in [3.05, 3.63) is 10.6 Å². The van der Waals surface area contributed by atoms with E-state index in [0.717, 1.165) is 30.1 Å². The van der Waals surface area contributed by atoms with Gasteiger partial charge in [-0.1, -0.05) is 0 Å². The summed E-state index contributed by atoms with van der Waals surface area (Å²) in [7, 11) is 0. The van der Waals surface area contributed by atoms with Gasteiger partial charge in [0.05, 0.1) is 5.69 Å². The molecule has 0 spiro atoms. The standard InChI is InChI=1S/C13H18N4O2S/c1-13(2)11(19)15-9(18)6-17(13)12-16-10-7(14)4-3-5-8(10)20-12/h7H,3-6,14H2,1-2H3,(H,15,18,19). The Morgan fingerprint density at radius 2 is 2.20 bits per heavy atom. The molecule has 6 nitrogen and oxygen atoms in total. The van der Waals surface area contributed by atoms with E-state index < -0.39 is 5.54 Å². The van der Waals surface area contributed by atoms with Crippen molar-refractivity contribution in [3.63, 3.8) is 0 Å². The molecule has 1 fully saturated rings. The summed E-state index contributed by atoms with van der Waals surface area (Å²) >= 11 is 1.55. The number of rotatable bonds is 1. The molecule has 1 atom stereocenters. The van der Waals surface area contributed by atoms with Gasteiger partial charge in [-0.05, 0) is 33.1 Å². The molecule has 20 heavy (non-hydrogen) atoms. The molecule has 7 heteroatoms. The number of fused-ring (bicyclic) bond motifs is 1. The largest absolute Gasteiger partial charge is 0.325 e. The first kappa shape index (κ1) is 13.5. The zero-order valence-electron chi connectivity index (χ0n) is 11.6. The maximum absolute atomic E-state index is 12.0. The minimum absolute atomic E-state index is 0.0267. The lowest BCUT2D eigenvalue weighted by atomic mass is 9.98. The molecular formula is C13H18N4O2S. The minimum Gasteiger partial charge on any atom is -0.325 e. The zero-order chi connectivity index (χ0) is 14.5. The van der Waals surface area contributed by atoms with Crippen LogP contribution < -0.4 is 16.0 Å². The molecule has 1 aromatic rings. The van der Waals surface area contributed by atoms with Crippen molar-refractivity contribution < 1.29 is 9.59 Å². The van der Waals surface area contributed by atoms with Crippen molar-refractivity contribution in [2.75, 3.05) is 11.4 Å². The molecule has 2 aliphatic rings. The Balaban J connectivity index is 1.99. The minimum atomic E-state index is -0.779. The van der Waals surface area contributed by atoms with Gasteiger partial charge in [-0.15, -0.1) is 11.3 Å². The topological polar surface area (TPSA) is 88.3 Å². The number of nitrogens with zero attached hydrogens (tertiary/aromatic N) is 2. The monoisotopic (exact) mass is 294 g/mol. The highest BCUT2D eigenvalue weighted by molar-refractivity contribution is 7.15. The van der Waals surface area contributed by atoms with Crippen LogP contribution in [0.25, 0.3) is 0 Å². The van der Waals surface area contributed by atoms with E-state index in [0.29, 0.717) is 0 Å². The average Bonchev–Trinajstić information content (AvgIpc) is 2.79. The van der Waals surface area contributed by atoms with Crippen LogP contribution >= 0.6 is 11.3 Å². The summed E-state index contributed by atoms with van der Waals surface area (Å²) in [5, 5.41) is 3.10. The van der Waals surface area contributed by atoms with E-state index in [1.807, 2.05) is 0 Å². The highest BCUT2D eigenvalue weighted by atomic mass is 32.1. The molecule has 108 valence electrons. The van der Waals surface area contributed by atoms with Crippen LogP contribution in [0.1, 0.15) is 43.3 Å². The Kier molecular flexibility index (Phi) is 3.06. The number of nitrogens with one attached hydrogen (secondary N) is 1. The van der Waals surface area contributed by atoms with Crippen LogP contribution in [0, 0.1) is 0 Å². The van der Waals surface area contributed by atoms with Gasteiger partial charge >= 0.3 is 0 Å². The summed E-state index contributed by atoms with van der Waals surface area (Å²) in [4.78, 5) is 31.2. The van der Waals surface area contributed by atoms with Crippen LogP contribution in [0.15, 0.2) is 0 Å². The number of imide groups is 1. The third-order valence-electron chi connectivity index (χ3n) is 4.00. The van der Waals surface area contributed by atoms with E-state index in [2.05, 4.69) is 10.3 Å². The molecule has 3 rings (SSSR count). The van der Waals surface area contributed by atoms with Gasteiger partial charge in [-0.25, -0.2) is 4.98 Å². The van der Waals surface area contributed by atoms with Gasteiger partial charge in [-0.3, -0.25) is 14.9 Å². The summed E-state index contributed by atoms with van der Waals surface area (Å²) in [5.41, 5.74) is 6.25. The molecule has 2 heterocycles. The first-order valence-corrected chi connectivity index (χ1v) is 7.58. The van der Waals surface area contributed by atoms with Crippen molar-refractivity contribution in [1.29, 1.82) is 0 Å². The SMILES string of the molecule is CC1(C)C(=O)NC(=O)CN1c1nc2c(s1)CCCC2N. The van der Waals surface area contributed by atoms with Crippen molar-refractivity contribution in [3.8, 4) is 0 Å². The number of aromatic nitrogens is 1. The fourth-order valence-electron chi connectivity index (χ4n) is 2.64. The maximum atomic E-state index is 12.0. The number of hydrogen-bond donors (Lipinski definition) is 2. The molecule has 0 bridgehead atoms. The Morgan fingerprint density at radius 3 is 2.90 bits per heavy atom. The van der Waals surface area contributed by atoms with Gasteiger partial charge in [0.2, 0.25) is 5.91 Å². The molecule has 1 unspecified atom stereocenters. The third kappa shape index (κ3) is 2.01. The fourth-order valence-corrected chi connectivity index (χ4v) is 3.96. The highest BCUT2D eigenvalue weighted by Crippen LogP contribution is 2.38. The Hall–Kier alpha value is -1.47. The van der Waals surface area contributed by atoms with Crippen molar-refractivity contribution in [2.45, 2.75) is 44.7 Å². The van der Waals surface area contributed by atoms with Crippen molar-refractivity contribution in [2.24, 2.45) is 5.73 Å². The lowest BCUT2D eigenvalue weighted by molar-refractivity contribution is -0.135. The van der Waals surface area contributed by atoms with Crippen LogP contribution in [-0.4, -0.2) is 28.9 Å². The second kappa shape index (κ2) is 4.53. The predicted molar refractivity (Wildman–Crippen MR) is 76.6 cm³/mol. The summed E-state index contributed by atoms with van der Waals surface area (Å²) < 4.78 is 0. The van der Waals surface area contributed by atoms with Crippen molar-refractivity contribution >= 4 is 28.3 Å². The number of thiazole rings is 1. The molecule has 1 saturated heterocycles. The summed E-state index contributed by atoms with van der Waals surface area (Å²) in [5.74, 6) is -0.571. The molecule has 2 amide bonds. The number of amides is 2. The van der Waals surface area contributed by atoms with Gasteiger partial charge < -0.3 is 10.6 Å². The number of anilines is 1. The highest BCUT2D eigenvalue weighted by Gasteiger charge is 2.42. The van der Waals surface area contributed by atoms with Gasteiger partial charge in [0, 0.05) is 10.9 Å². The maximum Gasteiger partial charge on any atom is 0.251 e. The van der Waals surface area contributed by atoms with E-state index in [-0.39, 0.29) is 24.4 Å². The van der Waals surface area contributed by atoms with Crippen LogP contribution in [0.2, 0.25) is 0 Å². The molecule has 1 aliphatic heterocycles. The van der Waals surface area contributed by atoms with E-state index in [1.165, 1.54) is 4.88 Å². The van der Waals surface area contributed by atoms with E-state index >= 15 is 0 Å². The number of piperazine rings is 1. The van der Waals surface area contributed by atoms with E-state index in [4.69, 9.17) is 5.73 Å². The average molecular weight is 294 g/mol. The summed E-state index contributed by atoms with van der Waals surface area (Å²) in [6, 6.07) is -0.0267. The van der Waals surface area contributed by atoms with Crippen LogP contribution in [0.5, 0.6) is 0 Å². The smallest absolute Gasteiger partial charge is 0.251 e. The second-order valence-corrected chi connectivity index (χ2v) is 6.89. The Morgan fingerprint density at radius 1 is 1.45 bits per heavy atom. The van der Waals surface area contributed by atoms with Gasteiger partial charge in [0.1, 0.15) is 12.1 Å². The molecular weight excluding hydrogens is 276 g/mol. The normalized spacial score (nSPS) is 25.4. The summed E-state index contributed by atoms with van der Waals surface area (Å²) in [6.45, 7) is 3.75. The van der Waals surface area contributed by atoms with E-state index in [9.17, 15) is 9.59 Å². The van der Waals surface area contributed by atoms with E-state index in [1.54, 1.807) is 30.1 Å². The van der Waals surface area contributed by atoms with Gasteiger partial charge in [-0.2, -0.15) is 0 Å². The molecule has 1 aliphatic carbocycles. The number of carbonyl (C=O) groups excluding carboxylic acids is 2. The number of hydrogen-bond acceptors (Lipinski definition) is 6. The zero-order valence-corrected chi connectivity index (χ0v) is 12.4. The first-order valence-electron chi connectivity index (χ1n) is 6.76. The molecule has 3 N–H and O–H groups in total. The van der Waals surface area contributed by atoms with Crippen LogP contribution in [-0.2, 0) is 16.0 Å². The van der Waals surface area contributed by atoms with Gasteiger partial charge in [0.15, 0.2) is 5.13 Å². The van der Waals surface area contributed by atoms with Crippen LogP contribution in [0.4, 0.5) is 5.13 Å². The lowest BCUT2D eigenvalue weighted by Gasteiger charge is -2.39. The molecule has 1 aromatic heterocycles. The molecule has 0 saturated carbocycles. The Labute approximate surface area is 121 Å². The Bertz CT molecular complexity index is 581. The third-order valence-corrected chi connectivity index (χ3v) is 5.16. The quantitative estimate of drug-likeness (QED) is 0.745. The number of carbonyl (C=O) groups is 2. The van der Waals surface area contributed by atoms with Gasteiger partial charge in [0.25, 0.3) is 5.91 Å². The number of aryl methyl sites for hydroxylation is 1. The second-order valence-electron chi connectivity index (χ2n) is 5.83. The van der Waals surface area contributed by atoms with Crippen LogP contribution in [0.3, 0.4) is 0 Å².